The molecule has 27 heavy (non-hydrogen) atoms. The SMILES string of the molecule is Cn1cc(C2(c3ccc(-c4cnc(N)nc4)cc3)CCC2)c2cccnc21. The van der Waals surface area contributed by atoms with Crippen LogP contribution in [0.3, 0.4) is 0 Å². The van der Waals surface area contributed by atoms with Gasteiger partial charge < -0.3 is 10.3 Å². The highest BCUT2D eigenvalue weighted by atomic mass is 15.0. The molecule has 2 N–H and O–H groups in total. The van der Waals surface area contributed by atoms with E-state index in [0.717, 1.165) is 16.8 Å². The Morgan fingerprint density at radius 3 is 2.37 bits per heavy atom. The predicted molar refractivity (Wildman–Crippen MR) is 107 cm³/mol. The summed E-state index contributed by atoms with van der Waals surface area (Å²) < 4.78 is 2.14. The highest BCUT2D eigenvalue weighted by Gasteiger charge is 2.42. The summed E-state index contributed by atoms with van der Waals surface area (Å²) in [6, 6.07) is 13.0. The van der Waals surface area contributed by atoms with Gasteiger partial charge in [-0.15, -0.1) is 0 Å². The molecule has 0 radical (unpaired) electrons. The highest BCUT2D eigenvalue weighted by molar-refractivity contribution is 5.83. The van der Waals surface area contributed by atoms with Crippen LogP contribution < -0.4 is 5.73 Å². The first-order chi connectivity index (χ1) is 13.2. The Morgan fingerprint density at radius 2 is 1.70 bits per heavy atom. The molecule has 1 aromatic carbocycles. The second-order valence-electron chi connectivity index (χ2n) is 7.37. The van der Waals surface area contributed by atoms with Crippen LogP contribution in [0, 0.1) is 0 Å². The number of aromatic nitrogens is 4. The van der Waals surface area contributed by atoms with Gasteiger partial charge in [-0.1, -0.05) is 30.7 Å². The first-order valence-electron chi connectivity index (χ1n) is 9.26. The number of pyridine rings is 1. The van der Waals surface area contributed by atoms with Crippen molar-refractivity contribution in [2.75, 3.05) is 5.73 Å². The number of hydrogen-bond acceptors (Lipinski definition) is 4. The summed E-state index contributed by atoms with van der Waals surface area (Å²) in [5.74, 6) is 0.299. The van der Waals surface area contributed by atoms with E-state index in [1.54, 1.807) is 12.4 Å². The summed E-state index contributed by atoms with van der Waals surface area (Å²) in [6.45, 7) is 0. The van der Waals surface area contributed by atoms with Crippen molar-refractivity contribution < 1.29 is 0 Å². The lowest BCUT2D eigenvalue weighted by atomic mass is 9.60. The Hall–Kier alpha value is -3.21. The zero-order valence-electron chi connectivity index (χ0n) is 15.3. The van der Waals surface area contributed by atoms with Crippen molar-refractivity contribution in [2.24, 2.45) is 7.05 Å². The van der Waals surface area contributed by atoms with Crippen LogP contribution >= 0.6 is 0 Å². The average molecular weight is 355 g/mol. The van der Waals surface area contributed by atoms with E-state index in [0.29, 0.717) is 5.95 Å². The third-order valence-corrected chi connectivity index (χ3v) is 5.90. The molecule has 0 bridgehead atoms. The lowest BCUT2D eigenvalue weighted by molar-refractivity contribution is 0.303. The molecule has 3 heterocycles. The summed E-state index contributed by atoms with van der Waals surface area (Å²) in [5, 5.41) is 1.26. The average Bonchev–Trinajstić information content (AvgIpc) is 3.00. The van der Waals surface area contributed by atoms with Gasteiger partial charge >= 0.3 is 0 Å². The Morgan fingerprint density at radius 1 is 0.963 bits per heavy atom. The standard InChI is InChI=1S/C22H21N5/c1-27-14-19(18-4-2-11-24-20(18)27)22(9-3-10-22)17-7-5-15(6-8-17)16-12-25-21(23)26-13-16/h2,4-8,11-14H,3,9-10H2,1H3,(H2,23,25,26). The van der Waals surface area contributed by atoms with E-state index in [1.807, 2.05) is 12.3 Å². The van der Waals surface area contributed by atoms with Crippen molar-refractivity contribution in [1.29, 1.82) is 0 Å². The van der Waals surface area contributed by atoms with Gasteiger partial charge in [0.25, 0.3) is 0 Å². The minimum Gasteiger partial charge on any atom is -0.368 e. The number of anilines is 1. The fourth-order valence-corrected chi connectivity index (χ4v) is 4.31. The lowest BCUT2D eigenvalue weighted by Gasteiger charge is -2.42. The first kappa shape index (κ1) is 16.0. The van der Waals surface area contributed by atoms with Crippen LogP contribution in [-0.2, 0) is 12.5 Å². The number of nitrogens with zero attached hydrogens (tertiary/aromatic N) is 4. The van der Waals surface area contributed by atoms with Crippen LogP contribution in [0.2, 0.25) is 0 Å². The normalized spacial score (nSPS) is 15.6. The molecule has 1 fully saturated rings. The Balaban J connectivity index is 1.58. The third kappa shape index (κ3) is 2.42. The molecule has 3 aromatic heterocycles. The van der Waals surface area contributed by atoms with E-state index >= 15 is 0 Å². The van der Waals surface area contributed by atoms with Gasteiger partial charge in [-0.25, -0.2) is 15.0 Å². The first-order valence-corrected chi connectivity index (χ1v) is 9.26. The van der Waals surface area contributed by atoms with Gasteiger partial charge in [0.15, 0.2) is 0 Å². The number of benzene rings is 1. The van der Waals surface area contributed by atoms with E-state index < -0.39 is 0 Å². The molecule has 1 aliphatic carbocycles. The van der Waals surface area contributed by atoms with Crippen LogP contribution in [0.4, 0.5) is 5.95 Å². The molecule has 5 heteroatoms. The Kier molecular flexibility index (Phi) is 3.50. The fourth-order valence-electron chi connectivity index (χ4n) is 4.31. The van der Waals surface area contributed by atoms with Crippen molar-refractivity contribution in [2.45, 2.75) is 24.7 Å². The van der Waals surface area contributed by atoms with E-state index in [4.69, 9.17) is 5.73 Å². The van der Waals surface area contributed by atoms with Gasteiger partial charge in [-0.3, -0.25) is 0 Å². The monoisotopic (exact) mass is 355 g/mol. The smallest absolute Gasteiger partial charge is 0.219 e. The van der Waals surface area contributed by atoms with E-state index in [2.05, 4.69) is 63.1 Å². The fraction of sp³-hybridized carbons (Fsp3) is 0.227. The third-order valence-electron chi connectivity index (χ3n) is 5.90. The quantitative estimate of drug-likeness (QED) is 0.601. The zero-order chi connectivity index (χ0) is 18.4. The van der Waals surface area contributed by atoms with Gasteiger partial charge in [-0.2, -0.15) is 0 Å². The van der Waals surface area contributed by atoms with E-state index in [-0.39, 0.29) is 5.41 Å². The van der Waals surface area contributed by atoms with Gasteiger partial charge in [-0.05, 0) is 41.7 Å². The summed E-state index contributed by atoms with van der Waals surface area (Å²) in [7, 11) is 2.08. The lowest BCUT2D eigenvalue weighted by Crippen LogP contribution is -2.35. The number of fused-ring (bicyclic) bond motifs is 1. The molecular formula is C22H21N5. The van der Waals surface area contributed by atoms with Gasteiger partial charge in [0.1, 0.15) is 5.65 Å². The van der Waals surface area contributed by atoms with Crippen LogP contribution in [0.5, 0.6) is 0 Å². The second-order valence-corrected chi connectivity index (χ2v) is 7.37. The maximum absolute atomic E-state index is 5.59. The molecule has 1 saturated carbocycles. The van der Waals surface area contributed by atoms with Crippen LogP contribution in [0.15, 0.2) is 61.2 Å². The molecule has 0 atom stereocenters. The molecule has 1 aliphatic rings. The predicted octanol–water partition coefficient (Wildman–Crippen LogP) is 4.08. The Labute approximate surface area is 157 Å². The summed E-state index contributed by atoms with van der Waals surface area (Å²) in [5.41, 5.74) is 11.6. The van der Waals surface area contributed by atoms with Gasteiger partial charge in [0.2, 0.25) is 5.95 Å². The second kappa shape index (κ2) is 5.91. The largest absolute Gasteiger partial charge is 0.368 e. The van der Waals surface area contributed by atoms with Crippen LogP contribution in [-0.4, -0.2) is 19.5 Å². The molecule has 0 spiro atoms. The molecule has 0 aliphatic heterocycles. The molecule has 134 valence electrons. The molecule has 0 saturated heterocycles. The van der Waals surface area contributed by atoms with E-state index in [1.165, 1.54) is 35.8 Å². The highest BCUT2D eigenvalue weighted by Crippen LogP contribution is 2.51. The number of nitrogen functional groups attached to an aromatic ring is 1. The molecule has 0 unspecified atom stereocenters. The summed E-state index contributed by atoms with van der Waals surface area (Å²) in [4.78, 5) is 12.8. The molecule has 5 rings (SSSR count). The van der Waals surface area contributed by atoms with Crippen molar-refractivity contribution in [3.8, 4) is 11.1 Å². The van der Waals surface area contributed by atoms with Crippen molar-refractivity contribution in [3.63, 3.8) is 0 Å². The zero-order valence-corrected chi connectivity index (χ0v) is 15.3. The Bertz CT molecular complexity index is 1110. The minimum atomic E-state index is 0.0820. The number of nitrogens with two attached hydrogens (primary N) is 1. The van der Waals surface area contributed by atoms with Crippen molar-refractivity contribution >= 4 is 17.0 Å². The molecule has 0 amide bonds. The minimum absolute atomic E-state index is 0.0820. The maximum Gasteiger partial charge on any atom is 0.219 e. The van der Waals surface area contributed by atoms with Crippen LogP contribution in [0.25, 0.3) is 22.2 Å². The molecular weight excluding hydrogens is 334 g/mol. The van der Waals surface area contributed by atoms with Crippen molar-refractivity contribution in [3.05, 3.63) is 72.3 Å². The van der Waals surface area contributed by atoms with Gasteiger partial charge in [0, 0.05) is 48.2 Å². The molecule has 4 aromatic rings. The number of aryl methyl sites for hydroxylation is 1. The van der Waals surface area contributed by atoms with Crippen LogP contribution in [0.1, 0.15) is 30.4 Å². The van der Waals surface area contributed by atoms with Crippen molar-refractivity contribution in [1.82, 2.24) is 19.5 Å². The van der Waals surface area contributed by atoms with Gasteiger partial charge in [0.05, 0.1) is 0 Å². The topological polar surface area (TPSA) is 69.6 Å². The molecule has 5 nitrogen and oxygen atoms in total. The number of hydrogen-bond donors (Lipinski definition) is 1. The summed E-state index contributed by atoms with van der Waals surface area (Å²) in [6.07, 6.45) is 11.3. The maximum atomic E-state index is 5.59. The van der Waals surface area contributed by atoms with E-state index in [9.17, 15) is 0 Å². The summed E-state index contributed by atoms with van der Waals surface area (Å²) >= 11 is 0. The number of rotatable bonds is 3.